The highest BCUT2D eigenvalue weighted by atomic mass is 32.2. The van der Waals surface area contributed by atoms with Crippen LogP contribution in [0.4, 0.5) is 10.1 Å². The molecule has 0 bridgehead atoms. The van der Waals surface area contributed by atoms with Crippen molar-refractivity contribution in [3.05, 3.63) is 74.6 Å². The molecule has 2 N–H and O–H groups in total. The number of hydrogen-bond acceptors (Lipinski definition) is 6. The number of amides is 1. The van der Waals surface area contributed by atoms with E-state index >= 15 is 0 Å². The summed E-state index contributed by atoms with van der Waals surface area (Å²) in [7, 11) is 0. The van der Waals surface area contributed by atoms with Crippen LogP contribution in [-0.2, 0) is 6.54 Å². The highest BCUT2D eigenvalue weighted by Gasteiger charge is 2.27. The van der Waals surface area contributed by atoms with E-state index in [2.05, 4.69) is 15.5 Å². The number of non-ortho nitro benzene ring substituents is 1. The topological polar surface area (TPSA) is 106 Å². The maximum atomic E-state index is 14.1. The summed E-state index contributed by atoms with van der Waals surface area (Å²) in [6.45, 7) is 0.106. The third-order valence-corrected chi connectivity index (χ3v) is 5.99. The van der Waals surface area contributed by atoms with Crippen LogP contribution in [0.5, 0.6) is 0 Å². The Bertz CT molecular complexity index is 1190. The monoisotopic (exact) mass is 445 g/mol. The third-order valence-electron chi connectivity index (χ3n) is 4.57. The largest absolute Gasteiger partial charge is 0.345 e. The molecule has 8 nitrogen and oxygen atoms in total. The van der Waals surface area contributed by atoms with Gasteiger partial charge >= 0.3 is 0 Å². The molecule has 0 unspecified atom stereocenters. The zero-order valence-corrected chi connectivity index (χ0v) is 17.1. The summed E-state index contributed by atoms with van der Waals surface area (Å²) >= 11 is 6.26. The van der Waals surface area contributed by atoms with Crippen molar-refractivity contribution in [1.29, 1.82) is 0 Å². The van der Waals surface area contributed by atoms with E-state index in [4.69, 9.17) is 12.2 Å². The number of H-pyrrole nitrogens is 1. The first-order chi connectivity index (χ1) is 14.4. The molecule has 0 saturated heterocycles. The standard InChI is InChI=1S/C19H16FN5O3S2/c20-14-3-1-2-4-16(14)30-15-8-7-12(25(27)28)9-13(15)18(26)21-10-17-22-23-19(29)24(17)11-5-6-11/h1-4,7-9,11H,5-6,10H2,(H,21,26)(H,23,29). The van der Waals surface area contributed by atoms with Crippen molar-refractivity contribution in [3.8, 4) is 0 Å². The predicted octanol–water partition coefficient (Wildman–Crippen LogP) is 4.40. The first-order valence-electron chi connectivity index (χ1n) is 9.09. The van der Waals surface area contributed by atoms with Crippen LogP contribution in [0.2, 0.25) is 0 Å². The fourth-order valence-electron chi connectivity index (χ4n) is 2.97. The number of aromatic nitrogens is 3. The molecule has 0 radical (unpaired) electrons. The van der Waals surface area contributed by atoms with Gasteiger partial charge in [0.15, 0.2) is 10.6 Å². The maximum Gasteiger partial charge on any atom is 0.270 e. The molecule has 0 aliphatic heterocycles. The highest BCUT2D eigenvalue weighted by Crippen LogP contribution is 2.36. The Balaban J connectivity index is 1.60. The van der Waals surface area contributed by atoms with Crippen molar-refractivity contribution in [2.45, 2.75) is 35.2 Å². The van der Waals surface area contributed by atoms with Gasteiger partial charge in [-0.15, -0.1) is 0 Å². The second kappa shape index (κ2) is 8.36. The van der Waals surface area contributed by atoms with E-state index in [0.29, 0.717) is 20.4 Å². The minimum atomic E-state index is -0.577. The van der Waals surface area contributed by atoms with E-state index in [0.717, 1.165) is 24.6 Å². The molecule has 1 heterocycles. The Morgan fingerprint density at radius 2 is 2.10 bits per heavy atom. The van der Waals surface area contributed by atoms with E-state index in [1.54, 1.807) is 18.2 Å². The van der Waals surface area contributed by atoms with E-state index in [-0.39, 0.29) is 23.8 Å². The Hall–Kier alpha value is -3.05. The maximum absolute atomic E-state index is 14.1. The summed E-state index contributed by atoms with van der Waals surface area (Å²) in [5, 5.41) is 20.8. The number of hydrogen-bond donors (Lipinski definition) is 2. The normalized spacial score (nSPS) is 13.2. The fourth-order valence-corrected chi connectivity index (χ4v) is 4.22. The minimum absolute atomic E-state index is 0.0876. The van der Waals surface area contributed by atoms with Crippen LogP contribution in [0, 0.1) is 20.7 Å². The van der Waals surface area contributed by atoms with Gasteiger partial charge in [-0.1, -0.05) is 23.9 Å². The molecule has 3 aromatic rings. The zero-order chi connectivity index (χ0) is 21.3. The molecule has 1 amide bonds. The van der Waals surface area contributed by atoms with E-state index in [1.165, 1.54) is 24.3 Å². The Morgan fingerprint density at radius 3 is 2.80 bits per heavy atom. The van der Waals surface area contributed by atoms with Gasteiger partial charge < -0.3 is 5.32 Å². The number of nitrogens with zero attached hydrogens (tertiary/aromatic N) is 3. The fraction of sp³-hybridized carbons (Fsp3) is 0.211. The smallest absolute Gasteiger partial charge is 0.270 e. The van der Waals surface area contributed by atoms with Gasteiger partial charge in [0, 0.05) is 28.0 Å². The number of carbonyl (C=O) groups is 1. The number of aromatic amines is 1. The molecule has 1 aromatic heterocycles. The van der Waals surface area contributed by atoms with Crippen LogP contribution in [-0.4, -0.2) is 25.6 Å². The van der Waals surface area contributed by atoms with Gasteiger partial charge in [0.25, 0.3) is 11.6 Å². The summed E-state index contributed by atoms with van der Waals surface area (Å²) in [4.78, 5) is 24.2. The third kappa shape index (κ3) is 4.26. The number of rotatable bonds is 7. The van der Waals surface area contributed by atoms with Gasteiger partial charge in [0.2, 0.25) is 0 Å². The van der Waals surface area contributed by atoms with Gasteiger partial charge in [-0.25, -0.2) is 4.39 Å². The Labute approximate surface area is 179 Å². The minimum Gasteiger partial charge on any atom is -0.345 e. The summed E-state index contributed by atoms with van der Waals surface area (Å²) in [6.07, 6.45) is 2.01. The zero-order valence-electron chi connectivity index (χ0n) is 15.5. The van der Waals surface area contributed by atoms with Crippen LogP contribution in [0.1, 0.15) is 35.1 Å². The molecule has 1 aliphatic rings. The summed E-state index contributed by atoms with van der Waals surface area (Å²) in [5.41, 5.74) is -0.136. The quantitative estimate of drug-likeness (QED) is 0.317. The molecule has 1 fully saturated rings. The summed E-state index contributed by atoms with van der Waals surface area (Å²) in [5.74, 6) is -0.370. The first kappa shape index (κ1) is 20.2. The number of nitrogens with one attached hydrogen (secondary N) is 2. The predicted molar refractivity (Wildman–Crippen MR) is 110 cm³/mol. The second-order valence-electron chi connectivity index (χ2n) is 6.70. The van der Waals surface area contributed by atoms with Crippen molar-refractivity contribution >= 4 is 35.6 Å². The number of nitro groups is 1. The SMILES string of the molecule is O=C(NCc1n[nH]c(=S)n1C1CC1)c1cc([N+](=O)[O-])ccc1Sc1ccccc1F. The lowest BCUT2D eigenvalue weighted by molar-refractivity contribution is -0.384. The number of nitro benzene ring substituents is 1. The molecule has 0 spiro atoms. The average Bonchev–Trinajstić information content (AvgIpc) is 3.50. The first-order valence-corrected chi connectivity index (χ1v) is 10.3. The van der Waals surface area contributed by atoms with Crippen molar-refractivity contribution in [3.63, 3.8) is 0 Å². The highest BCUT2D eigenvalue weighted by molar-refractivity contribution is 7.99. The molecule has 2 aromatic carbocycles. The Morgan fingerprint density at radius 1 is 1.33 bits per heavy atom. The summed E-state index contributed by atoms with van der Waals surface area (Å²) in [6, 6.07) is 10.4. The van der Waals surface area contributed by atoms with E-state index < -0.39 is 16.6 Å². The van der Waals surface area contributed by atoms with Crippen molar-refractivity contribution in [2.24, 2.45) is 0 Å². The molecule has 4 rings (SSSR count). The van der Waals surface area contributed by atoms with Gasteiger partial charge in [-0.2, -0.15) is 5.10 Å². The van der Waals surface area contributed by atoms with Crippen molar-refractivity contribution in [2.75, 3.05) is 0 Å². The molecular weight excluding hydrogens is 429 g/mol. The molecule has 154 valence electrons. The van der Waals surface area contributed by atoms with Gasteiger partial charge in [-0.05, 0) is 43.3 Å². The number of carbonyl (C=O) groups excluding carboxylic acids is 1. The molecule has 11 heteroatoms. The molecule has 1 aliphatic carbocycles. The average molecular weight is 446 g/mol. The molecule has 30 heavy (non-hydrogen) atoms. The lowest BCUT2D eigenvalue weighted by atomic mass is 10.2. The van der Waals surface area contributed by atoms with E-state index in [1.807, 2.05) is 4.57 Å². The van der Waals surface area contributed by atoms with Crippen LogP contribution in [0.25, 0.3) is 0 Å². The van der Waals surface area contributed by atoms with Crippen molar-refractivity contribution in [1.82, 2.24) is 20.1 Å². The van der Waals surface area contributed by atoms with Crippen molar-refractivity contribution < 1.29 is 14.1 Å². The number of benzene rings is 2. The van der Waals surface area contributed by atoms with Crippen LogP contribution in [0.15, 0.2) is 52.3 Å². The summed E-state index contributed by atoms with van der Waals surface area (Å²) < 4.78 is 16.4. The lowest BCUT2D eigenvalue weighted by Gasteiger charge is -2.11. The number of halogens is 1. The molecular formula is C19H16FN5O3S2. The van der Waals surface area contributed by atoms with Crippen LogP contribution >= 0.6 is 24.0 Å². The lowest BCUT2D eigenvalue weighted by Crippen LogP contribution is -2.25. The second-order valence-corrected chi connectivity index (χ2v) is 8.17. The molecule has 0 atom stereocenters. The van der Waals surface area contributed by atoms with Gasteiger partial charge in [0.1, 0.15) is 5.82 Å². The van der Waals surface area contributed by atoms with E-state index in [9.17, 15) is 19.3 Å². The van der Waals surface area contributed by atoms with Gasteiger partial charge in [-0.3, -0.25) is 24.6 Å². The van der Waals surface area contributed by atoms with Crippen LogP contribution in [0.3, 0.4) is 0 Å². The van der Waals surface area contributed by atoms with Gasteiger partial charge in [0.05, 0.1) is 17.0 Å². The van der Waals surface area contributed by atoms with Crippen LogP contribution < -0.4 is 5.32 Å². The Kier molecular flexibility index (Phi) is 5.64. The molecule has 1 saturated carbocycles.